The van der Waals surface area contributed by atoms with Gasteiger partial charge in [0, 0.05) is 17.1 Å². The van der Waals surface area contributed by atoms with Crippen LogP contribution in [0.5, 0.6) is 0 Å². The van der Waals surface area contributed by atoms with E-state index in [9.17, 15) is 19.1 Å². The number of H-pyrrole nitrogens is 1. The van der Waals surface area contributed by atoms with E-state index in [2.05, 4.69) is 20.3 Å². The first-order valence-electron chi connectivity index (χ1n) is 11.2. The Hall–Kier alpha value is -4.85. The number of imidazole rings is 1. The number of aromatic carboxylic acids is 1. The van der Waals surface area contributed by atoms with Crippen LogP contribution in [0.3, 0.4) is 0 Å². The molecule has 1 amide bonds. The molecule has 2 heterocycles. The molecule has 3 aromatic carbocycles. The zero-order valence-electron chi connectivity index (χ0n) is 19.2. The van der Waals surface area contributed by atoms with Crippen LogP contribution in [0.15, 0.2) is 85.2 Å². The van der Waals surface area contributed by atoms with Gasteiger partial charge in [0.15, 0.2) is 5.82 Å². The highest BCUT2D eigenvalue weighted by Crippen LogP contribution is 2.28. The zero-order valence-corrected chi connectivity index (χ0v) is 19.2. The first-order chi connectivity index (χ1) is 17.4. The minimum Gasteiger partial charge on any atom is -0.478 e. The van der Waals surface area contributed by atoms with Gasteiger partial charge in [0.05, 0.1) is 29.1 Å². The maximum Gasteiger partial charge on any atom is 0.337 e. The van der Waals surface area contributed by atoms with Gasteiger partial charge in [-0.15, -0.1) is 0 Å². The van der Waals surface area contributed by atoms with Crippen molar-refractivity contribution >= 4 is 22.6 Å². The second kappa shape index (κ2) is 9.42. The summed E-state index contributed by atoms with van der Waals surface area (Å²) in [4.78, 5) is 37.3. The molecule has 0 fully saturated rings. The zero-order chi connectivity index (χ0) is 25.2. The van der Waals surface area contributed by atoms with Crippen molar-refractivity contribution in [2.75, 3.05) is 0 Å². The van der Waals surface area contributed by atoms with Crippen molar-refractivity contribution in [3.8, 4) is 22.8 Å². The second-order valence-electron chi connectivity index (χ2n) is 8.34. The standard InChI is InChI=1S/C28H21FN4O3/c1-16(17-9-11-20(29)12-10-17)32-27(34)22-8-4-7-21(25(22)28(35)36)24-15-31-26(33-24)23-13-18-5-2-3-6-19(18)14-30-23/h2-16H,1H3,(H,31,33)(H,32,34)(H,35,36)/t16-/m1/s1. The number of hydrogen-bond acceptors (Lipinski definition) is 4. The fraction of sp³-hybridized carbons (Fsp3) is 0.0714. The predicted octanol–water partition coefficient (Wildman–Crippen LogP) is 5.62. The van der Waals surface area contributed by atoms with Gasteiger partial charge in [0.25, 0.3) is 5.91 Å². The van der Waals surface area contributed by atoms with Crippen LogP contribution in [0.2, 0.25) is 0 Å². The first kappa shape index (κ1) is 22.9. The number of halogens is 1. The van der Waals surface area contributed by atoms with Gasteiger partial charge in [-0.05, 0) is 42.1 Å². The lowest BCUT2D eigenvalue weighted by Crippen LogP contribution is -2.28. The first-order valence-corrected chi connectivity index (χ1v) is 11.2. The van der Waals surface area contributed by atoms with Crippen LogP contribution in [0.1, 0.15) is 39.2 Å². The molecule has 0 aliphatic carbocycles. The largest absolute Gasteiger partial charge is 0.478 e. The normalized spacial score (nSPS) is 11.8. The SMILES string of the molecule is C[C@@H](NC(=O)c1cccc(-c2cnc(-c3cc4ccccc4cn3)[nH]2)c1C(=O)O)c1ccc(F)cc1. The quantitative estimate of drug-likeness (QED) is 0.292. The monoisotopic (exact) mass is 480 g/mol. The average Bonchev–Trinajstić information content (AvgIpc) is 3.38. The average molecular weight is 480 g/mol. The van der Waals surface area contributed by atoms with Gasteiger partial charge in [-0.2, -0.15) is 0 Å². The number of fused-ring (bicyclic) bond motifs is 1. The Bertz CT molecular complexity index is 1590. The van der Waals surface area contributed by atoms with Crippen LogP contribution in [-0.2, 0) is 0 Å². The smallest absolute Gasteiger partial charge is 0.337 e. The van der Waals surface area contributed by atoms with Gasteiger partial charge < -0.3 is 15.4 Å². The summed E-state index contributed by atoms with van der Waals surface area (Å²) in [6.45, 7) is 1.74. The van der Waals surface area contributed by atoms with Gasteiger partial charge >= 0.3 is 5.97 Å². The highest BCUT2D eigenvalue weighted by atomic mass is 19.1. The van der Waals surface area contributed by atoms with Crippen molar-refractivity contribution < 1.29 is 19.1 Å². The summed E-state index contributed by atoms with van der Waals surface area (Å²) in [5.41, 5.74) is 1.93. The molecule has 0 saturated carbocycles. The number of rotatable bonds is 6. The van der Waals surface area contributed by atoms with E-state index >= 15 is 0 Å². The minimum absolute atomic E-state index is 0.00828. The van der Waals surface area contributed by atoms with E-state index < -0.39 is 17.9 Å². The van der Waals surface area contributed by atoms with Gasteiger partial charge in [0.2, 0.25) is 0 Å². The lowest BCUT2D eigenvalue weighted by molar-refractivity contribution is 0.0691. The molecule has 36 heavy (non-hydrogen) atoms. The Morgan fingerprint density at radius 2 is 1.69 bits per heavy atom. The molecular weight excluding hydrogens is 459 g/mol. The second-order valence-corrected chi connectivity index (χ2v) is 8.34. The number of nitrogens with zero attached hydrogens (tertiary/aromatic N) is 2. The molecule has 8 heteroatoms. The van der Waals surface area contributed by atoms with Crippen molar-refractivity contribution in [3.05, 3.63) is 108 Å². The third-order valence-corrected chi connectivity index (χ3v) is 5.98. The molecule has 0 unspecified atom stereocenters. The Kier molecular flexibility index (Phi) is 6.00. The molecule has 0 radical (unpaired) electrons. The summed E-state index contributed by atoms with van der Waals surface area (Å²) >= 11 is 0. The minimum atomic E-state index is -1.25. The van der Waals surface area contributed by atoms with Crippen LogP contribution < -0.4 is 5.32 Å². The number of aromatic amines is 1. The van der Waals surface area contributed by atoms with E-state index in [1.54, 1.807) is 37.4 Å². The number of carboxylic acids is 1. The van der Waals surface area contributed by atoms with Gasteiger partial charge in [-0.25, -0.2) is 14.2 Å². The third-order valence-electron chi connectivity index (χ3n) is 5.98. The topological polar surface area (TPSA) is 108 Å². The van der Waals surface area contributed by atoms with E-state index in [1.165, 1.54) is 24.4 Å². The van der Waals surface area contributed by atoms with Crippen molar-refractivity contribution in [1.82, 2.24) is 20.3 Å². The van der Waals surface area contributed by atoms with Gasteiger partial charge in [0.1, 0.15) is 11.5 Å². The van der Waals surface area contributed by atoms with Crippen LogP contribution in [0.4, 0.5) is 4.39 Å². The number of benzene rings is 3. The molecule has 178 valence electrons. The number of carboxylic acid groups (broad SMARTS) is 1. The number of carbonyl (C=O) groups excluding carboxylic acids is 1. The Labute approximate surface area is 205 Å². The summed E-state index contributed by atoms with van der Waals surface area (Å²) in [5.74, 6) is -1.70. The molecule has 0 saturated heterocycles. The van der Waals surface area contributed by atoms with Crippen molar-refractivity contribution in [2.45, 2.75) is 13.0 Å². The Balaban J connectivity index is 1.47. The molecule has 0 aliphatic rings. The lowest BCUT2D eigenvalue weighted by atomic mass is 9.98. The molecule has 1 atom stereocenters. The molecule has 5 aromatic rings. The molecule has 2 aromatic heterocycles. The molecule has 7 nitrogen and oxygen atoms in total. The van der Waals surface area contributed by atoms with Gasteiger partial charge in [-0.1, -0.05) is 48.5 Å². The highest BCUT2D eigenvalue weighted by molar-refractivity contribution is 6.08. The van der Waals surface area contributed by atoms with Crippen molar-refractivity contribution in [2.24, 2.45) is 0 Å². The van der Waals surface area contributed by atoms with Crippen LogP contribution in [0.25, 0.3) is 33.5 Å². The number of nitrogens with one attached hydrogen (secondary N) is 2. The lowest BCUT2D eigenvalue weighted by Gasteiger charge is -2.16. The summed E-state index contributed by atoms with van der Waals surface area (Å²) in [7, 11) is 0. The molecule has 0 bridgehead atoms. The maximum absolute atomic E-state index is 13.2. The van der Waals surface area contributed by atoms with E-state index in [4.69, 9.17) is 0 Å². The molecule has 0 spiro atoms. The predicted molar refractivity (Wildman–Crippen MR) is 134 cm³/mol. The van der Waals surface area contributed by atoms with Crippen LogP contribution in [-0.4, -0.2) is 31.9 Å². The van der Waals surface area contributed by atoms with E-state index in [0.29, 0.717) is 28.3 Å². The van der Waals surface area contributed by atoms with Gasteiger partial charge in [-0.3, -0.25) is 9.78 Å². The highest BCUT2D eigenvalue weighted by Gasteiger charge is 2.23. The van der Waals surface area contributed by atoms with Crippen molar-refractivity contribution in [3.63, 3.8) is 0 Å². The summed E-state index contributed by atoms with van der Waals surface area (Å²) in [6.07, 6.45) is 3.28. The van der Waals surface area contributed by atoms with E-state index in [1.807, 2.05) is 30.3 Å². The number of amides is 1. The van der Waals surface area contributed by atoms with E-state index in [0.717, 1.165) is 10.8 Å². The number of carbonyl (C=O) groups is 2. The number of pyridine rings is 1. The van der Waals surface area contributed by atoms with E-state index in [-0.39, 0.29) is 16.9 Å². The number of aromatic nitrogens is 3. The Morgan fingerprint density at radius 3 is 2.44 bits per heavy atom. The molecule has 0 aliphatic heterocycles. The molecule has 5 rings (SSSR count). The molecule has 3 N–H and O–H groups in total. The van der Waals surface area contributed by atoms with Crippen molar-refractivity contribution in [1.29, 1.82) is 0 Å². The fourth-order valence-corrected chi connectivity index (χ4v) is 4.11. The third kappa shape index (κ3) is 4.44. The maximum atomic E-state index is 13.2. The molecular formula is C28H21FN4O3. The fourth-order valence-electron chi connectivity index (χ4n) is 4.11. The van der Waals surface area contributed by atoms with Crippen LogP contribution >= 0.6 is 0 Å². The van der Waals surface area contributed by atoms with Crippen LogP contribution in [0, 0.1) is 5.82 Å². The Morgan fingerprint density at radius 1 is 0.944 bits per heavy atom. The number of hydrogen-bond donors (Lipinski definition) is 3. The summed E-state index contributed by atoms with van der Waals surface area (Å²) in [5, 5.41) is 14.8. The summed E-state index contributed by atoms with van der Waals surface area (Å²) in [6, 6.07) is 19.7. The summed E-state index contributed by atoms with van der Waals surface area (Å²) < 4.78 is 13.2.